The zero-order valence-corrected chi connectivity index (χ0v) is 12.9. The third-order valence-electron chi connectivity index (χ3n) is 2.54. The number of nitrogens with zero attached hydrogens (tertiary/aromatic N) is 1. The fraction of sp³-hybridized carbons (Fsp3) is 0.143. The zero-order valence-electron chi connectivity index (χ0n) is 12.1. The predicted molar refractivity (Wildman–Crippen MR) is 86.7 cm³/mol. The molecule has 0 saturated carbocycles. The summed E-state index contributed by atoms with van der Waals surface area (Å²) in [6.07, 6.45) is 2.50. The summed E-state index contributed by atoms with van der Waals surface area (Å²) in [5.74, 6) is 0.447. The van der Waals surface area contributed by atoms with Gasteiger partial charge in [0.25, 0.3) is 0 Å². The molecule has 0 spiro atoms. The first-order chi connectivity index (χ1) is 10.3. The minimum Gasteiger partial charge on any atom is -0.340 e. The van der Waals surface area contributed by atoms with Crippen molar-refractivity contribution in [3.8, 4) is 0 Å². The largest absolute Gasteiger partial charge is 0.340 e. The molecule has 0 radical (unpaired) electrons. The summed E-state index contributed by atoms with van der Waals surface area (Å²) >= 11 is 0. The van der Waals surface area contributed by atoms with Crippen molar-refractivity contribution < 1.29 is 13.2 Å². The van der Waals surface area contributed by atoms with Crippen LogP contribution in [0.2, 0.25) is 0 Å². The highest BCUT2D eigenvalue weighted by molar-refractivity contribution is 7.92. The van der Waals surface area contributed by atoms with Crippen molar-refractivity contribution in [2.75, 3.05) is 21.6 Å². The Labute approximate surface area is 128 Å². The summed E-state index contributed by atoms with van der Waals surface area (Å²) < 4.78 is 24.5. The molecule has 0 aliphatic heterocycles. The van der Waals surface area contributed by atoms with E-state index in [-0.39, 0.29) is 5.91 Å². The number of carbonyl (C=O) groups excluding carboxylic acids is 1. The Bertz CT molecular complexity index is 756. The molecule has 1 aromatic heterocycles. The monoisotopic (exact) mass is 320 g/mol. The van der Waals surface area contributed by atoms with E-state index >= 15 is 0 Å². The van der Waals surface area contributed by atoms with Gasteiger partial charge in [-0.15, -0.1) is 0 Å². The van der Waals surface area contributed by atoms with E-state index in [0.29, 0.717) is 17.2 Å². The summed E-state index contributed by atoms with van der Waals surface area (Å²) in [4.78, 5) is 15.1. The minimum atomic E-state index is -3.31. The lowest BCUT2D eigenvalue weighted by molar-refractivity contribution is -0.114. The van der Waals surface area contributed by atoms with E-state index in [1.807, 2.05) is 0 Å². The molecule has 0 atom stereocenters. The molecule has 8 heteroatoms. The number of benzene rings is 1. The molecule has 2 rings (SSSR count). The number of anilines is 4. The van der Waals surface area contributed by atoms with Crippen molar-refractivity contribution in [2.45, 2.75) is 6.92 Å². The number of nitrogens with one attached hydrogen (secondary N) is 3. The molecule has 1 aromatic carbocycles. The van der Waals surface area contributed by atoms with Crippen LogP contribution in [0.5, 0.6) is 0 Å². The van der Waals surface area contributed by atoms with E-state index < -0.39 is 10.0 Å². The third-order valence-corrected chi connectivity index (χ3v) is 3.15. The van der Waals surface area contributed by atoms with E-state index in [9.17, 15) is 13.2 Å². The van der Waals surface area contributed by atoms with Crippen molar-refractivity contribution in [1.29, 1.82) is 0 Å². The normalized spacial score (nSPS) is 10.8. The molecule has 0 saturated heterocycles. The number of sulfonamides is 1. The van der Waals surface area contributed by atoms with Crippen molar-refractivity contribution in [1.82, 2.24) is 4.98 Å². The van der Waals surface area contributed by atoms with Gasteiger partial charge >= 0.3 is 0 Å². The van der Waals surface area contributed by atoms with Crippen LogP contribution in [0.1, 0.15) is 6.92 Å². The lowest BCUT2D eigenvalue weighted by Crippen LogP contribution is -2.09. The van der Waals surface area contributed by atoms with E-state index in [1.54, 1.807) is 36.4 Å². The van der Waals surface area contributed by atoms with Gasteiger partial charge in [-0.05, 0) is 36.4 Å². The topological polar surface area (TPSA) is 100 Å². The number of hydrogen-bond acceptors (Lipinski definition) is 5. The maximum atomic E-state index is 11.1. The lowest BCUT2D eigenvalue weighted by atomic mass is 10.2. The van der Waals surface area contributed by atoms with Crippen LogP contribution < -0.4 is 15.4 Å². The molecule has 0 aliphatic carbocycles. The molecular formula is C14H16N4O3S. The Morgan fingerprint density at radius 1 is 1.00 bits per heavy atom. The van der Waals surface area contributed by atoms with Crippen molar-refractivity contribution in [3.63, 3.8) is 0 Å². The first-order valence-electron chi connectivity index (χ1n) is 6.40. The number of rotatable bonds is 5. The van der Waals surface area contributed by atoms with Crippen molar-refractivity contribution in [3.05, 3.63) is 42.6 Å². The molecule has 0 aliphatic rings. The average Bonchev–Trinajstić information content (AvgIpc) is 2.41. The second kappa shape index (κ2) is 6.44. The van der Waals surface area contributed by atoms with E-state index in [2.05, 4.69) is 20.3 Å². The maximum absolute atomic E-state index is 11.1. The Kier molecular flexibility index (Phi) is 4.62. The highest BCUT2D eigenvalue weighted by atomic mass is 32.2. The molecule has 2 aromatic rings. The minimum absolute atomic E-state index is 0.128. The Morgan fingerprint density at radius 2 is 1.59 bits per heavy atom. The number of pyridine rings is 1. The number of hydrogen-bond donors (Lipinski definition) is 3. The summed E-state index contributed by atoms with van der Waals surface area (Å²) in [5, 5.41) is 5.75. The molecular weight excluding hydrogens is 304 g/mol. The second-order valence-corrected chi connectivity index (χ2v) is 6.44. The zero-order chi connectivity index (χ0) is 16.2. The van der Waals surface area contributed by atoms with Crippen molar-refractivity contribution >= 4 is 38.8 Å². The Balaban J connectivity index is 2.03. The molecule has 1 amide bonds. The van der Waals surface area contributed by atoms with Crippen LogP contribution in [-0.4, -0.2) is 25.6 Å². The van der Waals surface area contributed by atoms with Crippen LogP contribution in [0, 0.1) is 0 Å². The quantitative estimate of drug-likeness (QED) is 0.784. The highest BCUT2D eigenvalue weighted by Crippen LogP contribution is 2.18. The molecule has 7 nitrogen and oxygen atoms in total. The number of amides is 1. The van der Waals surface area contributed by atoms with Gasteiger partial charge in [0.15, 0.2) is 0 Å². The van der Waals surface area contributed by atoms with Crippen LogP contribution in [-0.2, 0) is 14.8 Å². The molecule has 116 valence electrons. The molecule has 22 heavy (non-hydrogen) atoms. The van der Waals surface area contributed by atoms with Gasteiger partial charge in [0.2, 0.25) is 15.9 Å². The Hall–Kier alpha value is -2.61. The number of aromatic nitrogens is 1. The van der Waals surface area contributed by atoms with Crippen molar-refractivity contribution in [2.24, 2.45) is 0 Å². The standard InChI is InChI=1S/C14H16N4O3S/c1-10(19)16-11-3-5-12(6-4-11)17-14-8-7-13(9-15-14)18-22(2,20)21/h3-9,18H,1-2H3,(H,15,17)(H,16,19). The van der Waals surface area contributed by atoms with Gasteiger partial charge in [-0.1, -0.05) is 0 Å². The van der Waals surface area contributed by atoms with E-state index in [4.69, 9.17) is 0 Å². The van der Waals surface area contributed by atoms with Crippen LogP contribution in [0.25, 0.3) is 0 Å². The fourth-order valence-corrected chi connectivity index (χ4v) is 2.28. The van der Waals surface area contributed by atoms with Gasteiger partial charge in [-0.3, -0.25) is 9.52 Å². The average molecular weight is 320 g/mol. The van der Waals surface area contributed by atoms with Gasteiger partial charge in [0.05, 0.1) is 18.1 Å². The fourth-order valence-electron chi connectivity index (χ4n) is 1.73. The van der Waals surface area contributed by atoms with Gasteiger partial charge in [0.1, 0.15) is 5.82 Å². The van der Waals surface area contributed by atoms with Gasteiger partial charge in [-0.2, -0.15) is 0 Å². The summed E-state index contributed by atoms with van der Waals surface area (Å²) in [6.45, 7) is 1.45. The van der Waals surface area contributed by atoms with Crippen LogP contribution in [0.15, 0.2) is 42.6 Å². The highest BCUT2D eigenvalue weighted by Gasteiger charge is 2.03. The molecule has 3 N–H and O–H groups in total. The number of carbonyl (C=O) groups is 1. The molecule has 0 bridgehead atoms. The second-order valence-electron chi connectivity index (χ2n) is 4.69. The summed E-state index contributed by atoms with van der Waals surface area (Å²) in [6, 6.07) is 10.4. The third kappa shape index (κ3) is 5.06. The maximum Gasteiger partial charge on any atom is 0.229 e. The van der Waals surface area contributed by atoms with Crippen LogP contribution >= 0.6 is 0 Å². The first kappa shape index (κ1) is 15.8. The van der Waals surface area contributed by atoms with E-state index in [1.165, 1.54) is 13.1 Å². The summed E-state index contributed by atoms with van der Waals surface area (Å²) in [7, 11) is -3.31. The lowest BCUT2D eigenvalue weighted by Gasteiger charge is -2.08. The van der Waals surface area contributed by atoms with Crippen LogP contribution in [0.4, 0.5) is 22.9 Å². The summed E-state index contributed by atoms with van der Waals surface area (Å²) in [5.41, 5.74) is 1.90. The smallest absolute Gasteiger partial charge is 0.229 e. The van der Waals surface area contributed by atoms with Gasteiger partial charge in [-0.25, -0.2) is 13.4 Å². The Morgan fingerprint density at radius 3 is 2.09 bits per heavy atom. The molecule has 1 heterocycles. The SMILES string of the molecule is CC(=O)Nc1ccc(Nc2ccc(NS(C)(=O)=O)cn2)cc1. The van der Waals surface area contributed by atoms with Gasteiger partial charge < -0.3 is 10.6 Å². The molecule has 0 unspecified atom stereocenters. The first-order valence-corrected chi connectivity index (χ1v) is 8.29. The van der Waals surface area contributed by atoms with E-state index in [0.717, 1.165) is 11.9 Å². The van der Waals surface area contributed by atoms with Gasteiger partial charge in [0, 0.05) is 18.3 Å². The van der Waals surface area contributed by atoms with Crippen LogP contribution in [0.3, 0.4) is 0 Å². The molecule has 0 fully saturated rings. The predicted octanol–water partition coefficient (Wildman–Crippen LogP) is 2.16.